The lowest BCUT2D eigenvalue weighted by Gasteiger charge is -2.24. The number of hydrogen-bond acceptors (Lipinski definition) is 3. The highest BCUT2D eigenvalue weighted by Gasteiger charge is 2.30. The first-order chi connectivity index (χ1) is 16.0. The summed E-state index contributed by atoms with van der Waals surface area (Å²) in [6.07, 6.45) is 0. The second-order valence-electron chi connectivity index (χ2n) is 8.50. The molecule has 0 atom stereocenters. The van der Waals surface area contributed by atoms with E-state index < -0.39 is 15.9 Å². The number of halogens is 2. The molecular formula is C26H28Cl2N2O3S. The highest BCUT2D eigenvalue weighted by molar-refractivity contribution is 7.89. The van der Waals surface area contributed by atoms with Crippen LogP contribution in [0.4, 0.5) is 0 Å². The molecule has 3 aromatic carbocycles. The molecule has 1 N–H and O–H groups in total. The quantitative estimate of drug-likeness (QED) is 0.413. The molecule has 1 amide bonds. The van der Waals surface area contributed by atoms with Crippen molar-refractivity contribution >= 4 is 39.1 Å². The van der Waals surface area contributed by atoms with E-state index in [1.165, 1.54) is 4.31 Å². The van der Waals surface area contributed by atoms with Crippen molar-refractivity contribution in [2.75, 3.05) is 6.54 Å². The smallest absolute Gasteiger partial charge is 0.244 e. The Balaban J connectivity index is 1.89. The average Bonchev–Trinajstić information content (AvgIpc) is 2.73. The van der Waals surface area contributed by atoms with Gasteiger partial charge in [0, 0.05) is 23.1 Å². The lowest BCUT2D eigenvalue weighted by molar-refractivity contribution is -0.121. The third-order valence-electron chi connectivity index (χ3n) is 5.49. The van der Waals surface area contributed by atoms with Crippen molar-refractivity contribution in [3.63, 3.8) is 0 Å². The molecule has 5 nitrogen and oxygen atoms in total. The zero-order chi connectivity index (χ0) is 25.0. The van der Waals surface area contributed by atoms with Crippen LogP contribution in [0, 0.1) is 27.7 Å². The molecule has 0 aliphatic carbocycles. The second-order valence-corrected chi connectivity index (χ2v) is 11.2. The van der Waals surface area contributed by atoms with E-state index in [-0.39, 0.29) is 24.5 Å². The standard InChI is InChI=1S/C26H28Cl2N2O3S/c1-17-5-7-21(8-6-17)15-30(34(32,33)26-19(3)11-18(2)12-20(26)4)16-25(31)29-14-22-9-10-23(27)13-24(22)28/h5-13H,14-16H2,1-4H3,(H,29,31). The Hall–Kier alpha value is -2.38. The maximum atomic E-state index is 13.8. The van der Waals surface area contributed by atoms with Crippen LogP contribution in [-0.2, 0) is 27.9 Å². The highest BCUT2D eigenvalue weighted by Crippen LogP contribution is 2.27. The van der Waals surface area contributed by atoms with Crippen LogP contribution in [-0.4, -0.2) is 25.2 Å². The summed E-state index contributed by atoms with van der Waals surface area (Å²) in [5.74, 6) is -0.427. The number of nitrogens with zero attached hydrogens (tertiary/aromatic N) is 1. The number of carbonyl (C=O) groups excluding carboxylic acids is 1. The predicted octanol–water partition coefficient (Wildman–Crippen LogP) is 5.73. The van der Waals surface area contributed by atoms with Crippen molar-refractivity contribution in [2.24, 2.45) is 0 Å². The number of rotatable bonds is 8. The Labute approximate surface area is 211 Å². The normalized spacial score (nSPS) is 11.6. The Kier molecular flexibility index (Phi) is 8.42. The van der Waals surface area contributed by atoms with Gasteiger partial charge in [-0.05, 0) is 62.1 Å². The van der Waals surface area contributed by atoms with Gasteiger partial charge in [0.1, 0.15) is 0 Å². The molecule has 0 saturated heterocycles. The minimum Gasteiger partial charge on any atom is -0.351 e. The molecule has 0 unspecified atom stereocenters. The monoisotopic (exact) mass is 518 g/mol. The highest BCUT2D eigenvalue weighted by atomic mass is 35.5. The summed E-state index contributed by atoms with van der Waals surface area (Å²) in [5.41, 5.74) is 4.85. The molecular weight excluding hydrogens is 491 g/mol. The van der Waals surface area contributed by atoms with E-state index in [0.717, 1.165) is 16.7 Å². The molecule has 8 heteroatoms. The van der Waals surface area contributed by atoms with Crippen molar-refractivity contribution in [1.29, 1.82) is 0 Å². The van der Waals surface area contributed by atoms with Gasteiger partial charge in [-0.1, -0.05) is 76.8 Å². The van der Waals surface area contributed by atoms with E-state index >= 15 is 0 Å². The fraction of sp³-hybridized carbons (Fsp3) is 0.269. The van der Waals surface area contributed by atoms with Gasteiger partial charge < -0.3 is 5.32 Å². The summed E-state index contributed by atoms with van der Waals surface area (Å²) < 4.78 is 28.8. The third kappa shape index (κ3) is 6.39. The summed E-state index contributed by atoms with van der Waals surface area (Å²) in [5, 5.41) is 3.71. The van der Waals surface area contributed by atoms with E-state index in [4.69, 9.17) is 23.2 Å². The molecule has 180 valence electrons. The summed E-state index contributed by atoms with van der Waals surface area (Å²) in [6, 6.07) is 16.3. The average molecular weight is 519 g/mol. The van der Waals surface area contributed by atoms with Gasteiger partial charge in [0.25, 0.3) is 0 Å². The van der Waals surface area contributed by atoms with E-state index in [9.17, 15) is 13.2 Å². The molecule has 3 aromatic rings. The van der Waals surface area contributed by atoms with Crippen LogP contribution in [0.2, 0.25) is 10.0 Å². The first-order valence-corrected chi connectivity index (χ1v) is 13.0. The van der Waals surface area contributed by atoms with E-state index in [1.807, 2.05) is 50.2 Å². The number of carbonyl (C=O) groups is 1. The van der Waals surface area contributed by atoms with Crippen molar-refractivity contribution in [3.05, 3.63) is 98.0 Å². The zero-order valence-electron chi connectivity index (χ0n) is 19.7. The molecule has 3 rings (SSSR count). The molecule has 34 heavy (non-hydrogen) atoms. The Bertz CT molecular complexity index is 1280. The first-order valence-electron chi connectivity index (χ1n) is 10.8. The summed E-state index contributed by atoms with van der Waals surface area (Å²) in [6.45, 7) is 7.36. The van der Waals surface area contributed by atoms with Gasteiger partial charge in [-0.3, -0.25) is 4.79 Å². The van der Waals surface area contributed by atoms with Crippen molar-refractivity contribution in [3.8, 4) is 0 Å². The maximum absolute atomic E-state index is 13.8. The number of benzene rings is 3. The topological polar surface area (TPSA) is 66.5 Å². The minimum absolute atomic E-state index is 0.0739. The first kappa shape index (κ1) is 26.2. The van der Waals surface area contributed by atoms with Crippen LogP contribution < -0.4 is 5.32 Å². The van der Waals surface area contributed by atoms with E-state index in [1.54, 1.807) is 32.0 Å². The molecule has 0 aliphatic rings. The number of hydrogen-bond donors (Lipinski definition) is 1. The van der Waals surface area contributed by atoms with Gasteiger partial charge in [0.2, 0.25) is 15.9 Å². The van der Waals surface area contributed by atoms with Gasteiger partial charge in [0.15, 0.2) is 0 Å². The number of aryl methyl sites for hydroxylation is 4. The number of amides is 1. The fourth-order valence-electron chi connectivity index (χ4n) is 3.90. The fourth-order valence-corrected chi connectivity index (χ4v) is 6.17. The van der Waals surface area contributed by atoms with Gasteiger partial charge in [-0.2, -0.15) is 4.31 Å². The van der Waals surface area contributed by atoms with Crippen LogP contribution in [0.3, 0.4) is 0 Å². The third-order valence-corrected chi connectivity index (χ3v) is 8.18. The minimum atomic E-state index is -3.95. The molecule has 0 radical (unpaired) electrons. The zero-order valence-corrected chi connectivity index (χ0v) is 22.0. The Morgan fingerprint density at radius 3 is 2.09 bits per heavy atom. The predicted molar refractivity (Wildman–Crippen MR) is 138 cm³/mol. The van der Waals surface area contributed by atoms with Crippen molar-refractivity contribution in [1.82, 2.24) is 9.62 Å². The summed E-state index contributed by atoms with van der Waals surface area (Å²) in [4.78, 5) is 13.1. The largest absolute Gasteiger partial charge is 0.351 e. The Morgan fingerprint density at radius 2 is 1.50 bits per heavy atom. The lowest BCUT2D eigenvalue weighted by atomic mass is 10.1. The van der Waals surface area contributed by atoms with Crippen LogP contribution >= 0.6 is 23.2 Å². The van der Waals surface area contributed by atoms with Crippen LogP contribution in [0.25, 0.3) is 0 Å². The van der Waals surface area contributed by atoms with Crippen molar-refractivity contribution < 1.29 is 13.2 Å². The summed E-state index contributed by atoms with van der Waals surface area (Å²) >= 11 is 12.1. The molecule has 0 spiro atoms. The number of sulfonamides is 1. The Morgan fingerprint density at radius 1 is 0.882 bits per heavy atom. The van der Waals surface area contributed by atoms with Crippen molar-refractivity contribution in [2.45, 2.75) is 45.7 Å². The molecule has 0 saturated carbocycles. The SMILES string of the molecule is Cc1ccc(CN(CC(=O)NCc2ccc(Cl)cc2Cl)S(=O)(=O)c2c(C)cc(C)cc2C)cc1. The second kappa shape index (κ2) is 10.9. The van der Waals surface area contributed by atoms with Crippen LogP contribution in [0.15, 0.2) is 59.5 Å². The maximum Gasteiger partial charge on any atom is 0.244 e. The molecule has 0 heterocycles. The van der Waals surface area contributed by atoms with Crippen LogP contribution in [0.1, 0.15) is 33.4 Å². The molecule has 0 fully saturated rings. The van der Waals surface area contributed by atoms with Gasteiger partial charge in [-0.25, -0.2) is 8.42 Å². The van der Waals surface area contributed by atoms with Gasteiger partial charge in [0.05, 0.1) is 11.4 Å². The molecule has 0 aliphatic heterocycles. The number of nitrogens with one attached hydrogen (secondary N) is 1. The van der Waals surface area contributed by atoms with E-state index in [2.05, 4.69) is 5.32 Å². The summed E-state index contributed by atoms with van der Waals surface area (Å²) in [7, 11) is -3.95. The van der Waals surface area contributed by atoms with Crippen LogP contribution in [0.5, 0.6) is 0 Å². The van der Waals surface area contributed by atoms with Gasteiger partial charge >= 0.3 is 0 Å². The molecule has 0 aromatic heterocycles. The van der Waals surface area contributed by atoms with Gasteiger partial charge in [-0.15, -0.1) is 0 Å². The molecule has 0 bridgehead atoms. The van der Waals surface area contributed by atoms with E-state index in [0.29, 0.717) is 26.7 Å². The lowest BCUT2D eigenvalue weighted by Crippen LogP contribution is -2.40.